The number of ether oxygens (including phenoxy) is 1. The molecular weight excluding hydrogens is 306 g/mol. The molecule has 2 aliphatic rings. The first-order chi connectivity index (χ1) is 12.1. The van der Waals surface area contributed by atoms with E-state index in [1.54, 1.807) is 0 Å². The smallest absolute Gasteiger partial charge is 0.142 e. The van der Waals surface area contributed by atoms with Gasteiger partial charge in [-0.1, -0.05) is 42.0 Å². The number of aryl methyl sites for hydroxylation is 3. The molecule has 2 nitrogen and oxygen atoms in total. The van der Waals surface area contributed by atoms with Crippen LogP contribution in [0.25, 0.3) is 0 Å². The van der Waals surface area contributed by atoms with Gasteiger partial charge in [-0.2, -0.15) is 0 Å². The molecule has 4 rings (SSSR count). The van der Waals surface area contributed by atoms with Crippen molar-refractivity contribution in [3.63, 3.8) is 0 Å². The largest absolute Gasteiger partial charge is 0.492 e. The fraction of sp³-hybridized carbons (Fsp3) is 0.391. The second kappa shape index (κ2) is 6.25. The van der Waals surface area contributed by atoms with Crippen LogP contribution < -0.4 is 10.1 Å². The molecule has 3 unspecified atom stereocenters. The Kier molecular flexibility index (Phi) is 4.07. The molecule has 0 amide bonds. The summed E-state index contributed by atoms with van der Waals surface area (Å²) in [6, 6.07) is 11.4. The van der Waals surface area contributed by atoms with E-state index in [0.29, 0.717) is 24.5 Å². The Hall–Kier alpha value is -2.22. The number of rotatable bonds is 3. The highest BCUT2D eigenvalue weighted by molar-refractivity contribution is 5.68. The molecule has 0 aromatic heterocycles. The Morgan fingerprint density at radius 2 is 1.88 bits per heavy atom. The predicted octanol–water partition coefficient (Wildman–Crippen LogP) is 5.84. The summed E-state index contributed by atoms with van der Waals surface area (Å²) in [5.74, 6) is 2.03. The Labute approximate surface area is 150 Å². The van der Waals surface area contributed by atoms with E-state index >= 15 is 0 Å². The highest BCUT2D eigenvalue weighted by Gasteiger charge is 2.39. The summed E-state index contributed by atoms with van der Waals surface area (Å²) < 4.78 is 5.93. The van der Waals surface area contributed by atoms with Crippen molar-refractivity contribution in [3.8, 4) is 5.75 Å². The normalized spacial score (nSPS) is 23.8. The van der Waals surface area contributed by atoms with E-state index in [2.05, 4.69) is 68.6 Å². The molecule has 0 spiro atoms. The van der Waals surface area contributed by atoms with Gasteiger partial charge in [-0.3, -0.25) is 0 Å². The van der Waals surface area contributed by atoms with Crippen molar-refractivity contribution >= 4 is 5.69 Å². The molecule has 1 heterocycles. The SMILES string of the molecule is CCOc1cccc2c1NC(c1c(C)cc(C)cc1C)C1CC=CC21. The molecule has 2 heteroatoms. The monoisotopic (exact) mass is 333 g/mol. The highest BCUT2D eigenvalue weighted by Crippen LogP contribution is 2.53. The van der Waals surface area contributed by atoms with E-state index in [1.807, 2.05) is 6.92 Å². The minimum atomic E-state index is 0.328. The summed E-state index contributed by atoms with van der Waals surface area (Å²) in [6.07, 6.45) is 5.88. The van der Waals surface area contributed by atoms with Crippen molar-refractivity contribution in [1.82, 2.24) is 0 Å². The second-order valence-electron chi connectivity index (χ2n) is 7.44. The van der Waals surface area contributed by atoms with Gasteiger partial charge in [-0.15, -0.1) is 0 Å². The summed E-state index contributed by atoms with van der Waals surface area (Å²) in [7, 11) is 0. The van der Waals surface area contributed by atoms with Crippen molar-refractivity contribution in [1.29, 1.82) is 0 Å². The van der Waals surface area contributed by atoms with Gasteiger partial charge in [-0.25, -0.2) is 0 Å². The quantitative estimate of drug-likeness (QED) is 0.713. The van der Waals surface area contributed by atoms with Crippen LogP contribution in [-0.4, -0.2) is 6.61 Å². The average molecular weight is 333 g/mol. The molecule has 1 aliphatic carbocycles. The molecule has 130 valence electrons. The zero-order valence-electron chi connectivity index (χ0n) is 15.6. The zero-order valence-corrected chi connectivity index (χ0v) is 15.6. The number of anilines is 1. The number of nitrogens with one attached hydrogen (secondary N) is 1. The number of allylic oxidation sites excluding steroid dienone is 2. The number of benzene rings is 2. The maximum absolute atomic E-state index is 5.93. The molecule has 1 N–H and O–H groups in total. The van der Waals surface area contributed by atoms with E-state index in [9.17, 15) is 0 Å². The minimum Gasteiger partial charge on any atom is -0.492 e. The lowest BCUT2D eigenvalue weighted by molar-refractivity contribution is 0.337. The van der Waals surface area contributed by atoms with Crippen LogP contribution in [0.4, 0.5) is 5.69 Å². The van der Waals surface area contributed by atoms with E-state index in [-0.39, 0.29) is 0 Å². The van der Waals surface area contributed by atoms with Gasteiger partial charge in [0.05, 0.1) is 18.3 Å². The van der Waals surface area contributed by atoms with Crippen LogP contribution in [0, 0.1) is 26.7 Å². The molecule has 1 aliphatic heterocycles. The van der Waals surface area contributed by atoms with Gasteiger partial charge in [0.25, 0.3) is 0 Å². The maximum Gasteiger partial charge on any atom is 0.142 e. The Bertz CT molecular complexity index is 813. The van der Waals surface area contributed by atoms with Crippen molar-refractivity contribution < 1.29 is 4.74 Å². The van der Waals surface area contributed by atoms with Gasteiger partial charge in [0.1, 0.15) is 5.75 Å². The molecule has 2 aromatic rings. The van der Waals surface area contributed by atoms with Gasteiger partial charge in [0.15, 0.2) is 0 Å². The van der Waals surface area contributed by atoms with Crippen molar-refractivity contribution in [3.05, 3.63) is 70.3 Å². The lowest BCUT2D eigenvalue weighted by Crippen LogP contribution is -2.30. The van der Waals surface area contributed by atoms with E-state index < -0.39 is 0 Å². The molecule has 25 heavy (non-hydrogen) atoms. The van der Waals surface area contributed by atoms with Gasteiger partial charge >= 0.3 is 0 Å². The third-order valence-corrected chi connectivity index (χ3v) is 5.71. The van der Waals surface area contributed by atoms with Gasteiger partial charge in [0, 0.05) is 5.92 Å². The van der Waals surface area contributed by atoms with Crippen LogP contribution in [0.15, 0.2) is 42.5 Å². The summed E-state index contributed by atoms with van der Waals surface area (Å²) >= 11 is 0. The summed E-state index contributed by atoms with van der Waals surface area (Å²) in [5, 5.41) is 3.87. The highest BCUT2D eigenvalue weighted by atomic mass is 16.5. The van der Waals surface area contributed by atoms with Crippen LogP contribution in [0.3, 0.4) is 0 Å². The summed E-state index contributed by atoms with van der Waals surface area (Å²) in [6.45, 7) is 9.42. The van der Waals surface area contributed by atoms with Crippen molar-refractivity contribution in [2.24, 2.45) is 5.92 Å². The maximum atomic E-state index is 5.93. The first kappa shape index (κ1) is 16.3. The minimum absolute atomic E-state index is 0.328. The van der Waals surface area contributed by atoms with E-state index in [1.165, 1.54) is 33.5 Å². The third-order valence-electron chi connectivity index (χ3n) is 5.71. The number of fused-ring (bicyclic) bond motifs is 3. The van der Waals surface area contributed by atoms with Crippen LogP contribution in [0.5, 0.6) is 5.75 Å². The Morgan fingerprint density at radius 3 is 2.60 bits per heavy atom. The molecular formula is C23H27NO. The van der Waals surface area contributed by atoms with Crippen LogP contribution in [-0.2, 0) is 0 Å². The number of hydrogen-bond acceptors (Lipinski definition) is 2. The number of hydrogen-bond donors (Lipinski definition) is 1. The van der Waals surface area contributed by atoms with Crippen LogP contribution >= 0.6 is 0 Å². The zero-order chi connectivity index (χ0) is 17.6. The predicted molar refractivity (Wildman–Crippen MR) is 105 cm³/mol. The van der Waals surface area contributed by atoms with E-state index in [4.69, 9.17) is 4.74 Å². The molecule has 0 saturated carbocycles. The van der Waals surface area contributed by atoms with Gasteiger partial charge in [-0.05, 0) is 68.4 Å². The Balaban J connectivity index is 1.85. The molecule has 2 aromatic carbocycles. The summed E-state index contributed by atoms with van der Waals surface area (Å²) in [5.41, 5.74) is 8.13. The van der Waals surface area contributed by atoms with Crippen LogP contribution in [0.1, 0.15) is 53.1 Å². The van der Waals surface area contributed by atoms with E-state index in [0.717, 1.165) is 12.2 Å². The van der Waals surface area contributed by atoms with Crippen molar-refractivity contribution in [2.75, 3.05) is 11.9 Å². The van der Waals surface area contributed by atoms with Gasteiger partial charge in [0.2, 0.25) is 0 Å². The number of para-hydroxylation sites is 1. The topological polar surface area (TPSA) is 21.3 Å². The van der Waals surface area contributed by atoms with Crippen molar-refractivity contribution in [2.45, 2.75) is 46.1 Å². The Morgan fingerprint density at radius 1 is 1.12 bits per heavy atom. The average Bonchev–Trinajstić information content (AvgIpc) is 3.05. The van der Waals surface area contributed by atoms with Gasteiger partial charge < -0.3 is 10.1 Å². The second-order valence-corrected chi connectivity index (χ2v) is 7.44. The van der Waals surface area contributed by atoms with Crippen LogP contribution in [0.2, 0.25) is 0 Å². The fourth-order valence-electron chi connectivity index (χ4n) is 4.84. The molecule has 0 bridgehead atoms. The first-order valence-corrected chi connectivity index (χ1v) is 9.36. The third kappa shape index (κ3) is 2.64. The first-order valence-electron chi connectivity index (χ1n) is 9.36. The standard InChI is InChI=1S/C23H27NO/c1-5-25-20-11-7-10-18-17-8-6-9-19(17)23(24-22(18)20)21-15(3)12-14(2)13-16(21)4/h6-8,10-13,17,19,23-24H,5,9H2,1-4H3. The molecule has 0 fully saturated rings. The lowest BCUT2D eigenvalue weighted by Gasteiger charge is -2.39. The molecule has 3 atom stereocenters. The molecule has 0 radical (unpaired) electrons. The molecule has 0 saturated heterocycles. The lowest BCUT2D eigenvalue weighted by atomic mass is 9.75. The fourth-order valence-corrected chi connectivity index (χ4v) is 4.84. The summed E-state index contributed by atoms with van der Waals surface area (Å²) in [4.78, 5) is 0.